The topological polar surface area (TPSA) is 41.9 Å². The number of benzene rings is 1. The zero-order valence-corrected chi connectivity index (χ0v) is 13.3. The van der Waals surface area contributed by atoms with Gasteiger partial charge in [0.15, 0.2) is 0 Å². The van der Waals surface area contributed by atoms with Crippen LogP contribution in [0.15, 0.2) is 24.3 Å². The minimum atomic E-state index is -0.312. The van der Waals surface area contributed by atoms with E-state index in [9.17, 15) is 5.11 Å². The zero-order valence-electron chi connectivity index (χ0n) is 13.3. The minimum absolute atomic E-state index is 0.201. The van der Waals surface area contributed by atoms with E-state index in [2.05, 4.69) is 56.9 Å². The first-order valence-corrected chi connectivity index (χ1v) is 7.67. The third-order valence-electron chi connectivity index (χ3n) is 4.95. The van der Waals surface area contributed by atoms with E-state index < -0.39 is 0 Å². The molecule has 2 aliphatic heterocycles. The monoisotopic (exact) mass is 289 g/mol. The number of hydrogen-bond donors (Lipinski definition) is 1. The van der Waals surface area contributed by atoms with Gasteiger partial charge < -0.3 is 19.3 Å². The molecule has 1 N–H and O–H groups in total. The molecule has 0 radical (unpaired) electrons. The van der Waals surface area contributed by atoms with E-state index in [0.29, 0.717) is 0 Å². The predicted octanol–water partition coefficient (Wildman–Crippen LogP) is 1.56. The van der Waals surface area contributed by atoms with Crippen LogP contribution in [0.25, 0.3) is 0 Å². The fourth-order valence-corrected chi connectivity index (χ4v) is 2.80. The molecule has 0 amide bonds. The van der Waals surface area contributed by atoms with Crippen LogP contribution in [-0.2, 0) is 9.31 Å². The second-order valence-electron chi connectivity index (χ2n) is 7.07. The Balaban J connectivity index is 1.74. The Morgan fingerprint density at radius 2 is 1.67 bits per heavy atom. The van der Waals surface area contributed by atoms with Gasteiger partial charge in [0.25, 0.3) is 0 Å². The molecule has 5 heteroatoms. The van der Waals surface area contributed by atoms with Crippen LogP contribution in [0.3, 0.4) is 0 Å². The molecule has 21 heavy (non-hydrogen) atoms. The van der Waals surface area contributed by atoms with Crippen LogP contribution in [0.5, 0.6) is 0 Å². The molecule has 0 aromatic heterocycles. The van der Waals surface area contributed by atoms with E-state index in [4.69, 9.17) is 9.31 Å². The van der Waals surface area contributed by atoms with E-state index in [0.717, 1.165) is 30.7 Å². The van der Waals surface area contributed by atoms with Gasteiger partial charge in [-0.15, -0.1) is 0 Å². The van der Waals surface area contributed by atoms with Crippen molar-refractivity contribution in [1.82, 2.24) is 0 Å². The van der Waals surface area contributed by atoms with Crippen molar-refractivity contribution < 1.29 is 14.4 Å². The van der Waals surface area contributed by atoms with Crippen LogP contribution in [0.2, 0.25) is 0 Å². The molecule has 2 heterocycles. The average Bonchev–Trinajstić information content (AvgIpc) is 2.92. The first kappa shape index (κ1) is 14.9. The highest BCUT2D eigenvalue weighted by atomic mass is 16.7. The highest BCUT2D eigenvalue weighted by Gasteiger charge is 2.51. The highest BCUT2D eigenvalue weighted by molar-refractivity contribution is 6.62. The lowest BCUT2D eigenvalue weighted by Gasteiger charge is -2.32. The summed E-state index contributed by atoms with van der Waals surface area (Å²) in [6, 6.07) is 8.28. The van der Waals surface area contributed by atoms with Gasteiger partial charge in [-0.05, 0) is 51.7 Å². The van der Waals surface area contributed by atoms with Gasteiger partial charge in [-0.2, -0.15) is 0 Å². The Morgan fingerprint density at radius 1 is 1.10 bits per heavy atom. The Morgan fingerprint density at radius 3 is 2.14 bits per heavy atom. The van der Waals surface area contributed by atoms with Gasteiger partial charge in [-0.3, -0.25) is 0 Å². The van der Waals surface area contributed by atoms with Crippen molar-refractivity contribution in [2.75, 3.05) is 18.0 Å². The van der Waals surface area contributed by atoms with Gasteiger partial charge in [-0.1, -0.05) is 12.1 Å². The second-order valence-corrected chi connectivity index (χ2v) is 7.07. The molecule has 1 unspecified atom stereocenters. The molecular weight excluding hydrogens is 265 g/mol. The molecule has 0 aliphatic carbocycles. The highest BCUT2D eigenvalue weighted by Crippen LogP contribution is 2.36. The van der Waals surface area contributed by atoms with Gasteiger partial charge in [0.05, 0.1) is 17.3 Å². The summed E-state index contributed by atoms with van der Waals surface area (Å²) in [7, 11) is -0.312. The molecule has 2 aliphatic rings. The fourth-order valence-electron chi connectivity index (χ4n) is 2.80. The third kappa shape index (κ3) is 2.70. The summed E-state index contributed by atoms with van der Waals surface area (Å²) in [5.41, 5.74) is 1.56. The van der Waals surface area contributed by atoms with Crippen LogP contribution in [0.1, 0.15) is 34.1 Å². The lowest BCUT2D eigenvalue weighted by atomic mass is 9.79. The SMILES string of the molecule is CC1(C)OB(c2ccc(N3CCC(O)C3)cc2)OC1(C)C. The van der Waals surface area contributed by atoms with Crippen molar-refractivity contribution in [3.05, 3.63) is 24.3 Å². The van der Waals surface area contributed by atoms with Crippen molar-refractivity contribution in [3.8, 4) is 0 Å². The molecule has 1 atom stereocenters. The van der Waals surface area contributed by atoms with E-state index in [1.54, 1.807) is 0 Å². The Bertz CT molecular complexity index is 499. The van der Waals surface area contributed by atoms with Crippen molar-refractivity contribution in [2.45, 2.75) is 51.4 Å². The molecule has 114 valence electrons. The van der Waals surface area contributed by atoms with Gasteiger partial charge in [-0.25, -0.2) is 0 Å². The number of hydrogen-bond acceptors (Lipinski definition) is 4. The average molecular weight is 289 g/mol. The van der Waals surface area contributed by atoms with Crippen LogP contribution in [0.4, 0.5) is 5.69 Å². The summed E-state index contributed by atoms with van der Waals surface area (Å²) in [4.78, 5) is 2.21. The quantitative estimate of drug-likeness (QED) is 0.839. The minimum Gasteiger partial charge on any atom is -0.399 e. The first-order chi connectivity index (χ1) is 9.78. The van der Waals surface area contributed by atoms with Gasteiger partial charge in [0, 0.05) is 18.8 Å². The van der Waals surface area contributed by atoms with Crippen LogP contribution >= 0.6 is 0 Å². The number of nitrogens with zero attached hydrogens (tertiary/aromatic N) is 1. The standard InChI is InChI=1S/C16H24BNO3/c1-15(2)16(3,4)21-17(20-15)12-5-7-13(8-6-12)18-10-9-14(19)11-18/h5-8,14,19H,9-11H2,1-4H3. The molecule has 0 bridgehead atoms. The largest absolute Gasteiger partial charge is 0.494 e. The molecule has 0 spiro atoms. The van der Waals surface area contributed by atoms with E-state index in [-0.39, 0.29) is 24.4 Å². The smallest absolute Gasteiger partial charge is 0.399 e. The van der Waals surface area contributed by atoms with Gasteiger partial charge in [0.1, 0.15) is 0 Å². The second kappa shape index (κ2) is 5.01. The summed E-state index contributed by atoms with van der Waals surface area (Å²) in [6.07, 6.45) is 0.645. The Labute approximate surface area is 127 Å². The van der Waals surface area contributed by atoms with Crippen molar-refractivity contribution in [3.63, 3.8) is 0 Å². The van der Waals surface area contributed by atoms with Gasteiger partial charge >= 0.3 is 7.12 Å². The number of rotatable bonds is 2. The molecule has 0 saturated carbocycles. The van der Waals surface area contributed by atoms with Crippen LogP contribution in [-0.4, -0.2) is 42.6 Å². The number of β-amino-alcohol motifs (C(OH)–C–C–N with tert-alkyl or cyclic N) is 1. The molecule has 1 aromatic carbocycles. The molecule has 3 rings (SSSR count). The van der Waals surface area contributed by atoms with Crippen molar-refractivity contribution in [2.24, 2.45) is 0 Å². The lowest BCUT2D eigenvalue weighted by molar-refractivity contribution is 0.00578. The Hall–Kier alpha value is -1.04. The fraction of sp³-hybridized carbons (Fsp3) is 0.625. The summed E-state index contributed by atoms with van der Waals surface area (Å²) in [5, 5.41) is 9.62. The number of aliphatic hydroxyl groups is 1. The number of anilines is 1. The Kier molecular flexibility index (Phi) is 3.55. The van der Waals surface area contributed by atoms with E-state index in [1.807, 2.05) is 0 Å². The molecular formula is C16H24BNO3. The van der Waals surface area contributed by atoms with Gasteiger partial charge in [0.2, 0.25) is 0 Å². The maximum absolute atomic E-state index is 9.62. The van der Waals surface area contributed by atoms with Crippen LogP contribution < -0.4 is 10.4 Å². The third-order valence-corrected chi connectivity index (χ3v) is 4.95. The lowest BCUT2D eigenvalue weighted by Crippen LogP contribution is -2.41. The summed E-state index contributed by atoms with van der Waals surface area (Å²) in [6.45, 7) is 9.88. The molecule has 4 nitrogen and oxygen atoms in total. The molecule has 2 fully saturated rings. The summed E-state index contributed by atoms with van der Waals surface area (Å²) in [5.74, 6) is 0. The molecule has 1 aromatic rings. The summed E-state index contributed by atoms with van der Waals surface area (Å²) >= 11 is 0. The van der Waals surface area contributed by atoms with Crippen molar-refractivity contribution in [1.29, 1.82) is 0 Å². The summed E-state index contributed by atoms with van der Waals surface area (Å²) < 4.78 is 12.1. The van der Waals surface area contributed by atoms with Crippen molar-refractivity contribution >= 4 is 18.3 Å². The van der Waals surface area contributed by atoms with Crippen LogP contribution in [0, 0.1) is 0 Å². The first-order valence-electron chi connectivity index (χ1n) is 7.67. The normalized spacial score (nSPS) is 27.4. The maximum atomic E-state index is 9.62. The molecule has 2 saturated heterocycles. The van der Waals surface area contributed by atoms with E-state index >= 15 is 0 Å². The maximum Gasteiger partial charge on any atom is 0.494 e. The predicted molar refractivity (Wildman–Crippen MR) is 85.0 cm³/mol. The van der Waals surface area contributed by atoms with E-state index in [1.165, 1.54) is 0 Å². The zero-order chi connectivity index (χ0) is 15.3. The number of aliphatic hydroxyl groups excluding tert-OH is 1.